The third-order valence-electron chi connectivity index (χ3n) is 3.69. The molecule has 5 nitrogen and oxygen atoms in total. The summed E-state index contributed by atoms with van der Waals surface area (Å²) in [7, 11) is 0. The van der Waals surface area contributed by atoms with Crippen molar-refractivity contribution in [2.75, 3.05) is 6.54 Å². The second-order valence-electron chi connectivity index (χ2n) is 6.55. The van der Waals surface area contributed by atoms with Gasteiger partial charge in [0.15, 0.2) is 0 Å². The predicted octanol–water partition coefficient (Wildman–Crippen LogP) is 3.73. The molecule has 1 aliphatic heterocycles. The van der Waals surface area contributed by atoms with Gasteiger partial charge in [0.25, 0.3) is 0 Å². The first-order valence-corrected chi connectivity index (χ1v) is 8.44. The van der Waals surface area contributed by atoms with Crippen molar-refractivity contribution in [1.82, 2.24) is 9.88 Å². The van der Waals surface area contributed by atoms with E-state index in [9.17, 15) is 9.90 Å². The van der Waals surface area contributed by atoms with Crippen molar-refractivity contribution in [3.63, 3.8) is 0 Å². The van der Waals surface area contributed by atoms with Crippen LogP contribution in [-0.2, 0) is 11.2 Å². The maximum absolute atomic E-state index is 12.6. The maximum Gasteiger partial charge on any atom is 0.411 e. The van der Waals surface area contributed by atoms with Gasteiger partial charge in [0.1, 0.15) is 22.4 Å². The summed E-state index contributed by atoms with van der Waals surface area (Å²) in [5.74, 6) is 0.191. The average molecular weight is 332 g/mol. The number of amides is 1. The Labute approximate surface area is 139 Å². The van der Waals surface area contributed by atoms with Crippen LogP contribution < -0.4 is 0 Å². The zero-order valence-electron chi connectivity index (χ0n) is 13.4. The molecule has 122 valence electrons. The number of carbonyl (C=O) groups excluding carboxylic acids is 1. The minimum atomic E-state index is -0.566. The first-order valence-electron chi connectivity index (χ1n) is 7.56. The van der Waals surface area contributed by atoms with Crippen molar-refractivity contribution in [2.45, 2.75) is 38.8 Å². The van der Waals surface area contributed by atoms with Crippen molar-refractivity contribution in [3.8, 4) is 5.75 Å². The van der Waals surface area contributed by atoms with E-state index in [-0.39, 0.29) is 11.8 Å². The topological polar surface area (TPSA) is 62.7 Å². The number of thiazole rings is 1. The van der Waals surface area contributed by atoms with Gasteiger partial charge in [-0.2, -0.15) is 0 Å². The highest BCUT2D eigenvalue weighted by Crippen LogP contribution is 2.41. The molecule has 2 heterocycles. The standard InChI is InChI=1S/C17H20N2O3S/c1-17(2,3)22-16(21)19-9-7-11-5-4-6-12(20)13(11)14(19)15-18-8-10-23-15/h4-6,8,10,14,20H,7,9H2,1-3H3. The predicted molar refractivity (Wildman–Crippen MR) is 88.7 cm³/mol. The van der Waals surface area contributed by atoms with Crippen molar-refractivity contribution in [3.05, 3.63) is 45.9 Å². The number of ether oxygens (including phenoxy) is 1. The molecule has 1 aromatic heterocycles. The molecule has 1 amide bonds. The second-order valence-corrected chi connectivity index (χ2v) is 7.47. The van der Waals surface area contributed by atoms with Gasteiger partial charge in [-0.1, -0.05) is 12.1 Å². The van der Waals surface area contributed by atoms with Gasteiger partial charge < -0.3 is 9.84 Å². The molecule has 0 saturated heterocycles. The van der Waals surface area contributed by atoms with Crippen molar-refractivity contribution in [1.29, 1.82) is 0 Å². The summed E-state index contributed by atoms with van der Waals surface area (Å²) in [6.07, 6.45) is 2.01. The van der Waals surface area contributed by atoms with Crippen molar-refractivity contribution >= 4 is 17.4 Å². The number of rotatable bonds is 1. The van der Waals surface area contributed by atoms with Gasteiger partial charge in [-0.25, -0.2) is 9.78 Å². The smallest absolute Gasteiger partial charge is 0.411 e. The number of aromatic hydroxyl groups is 1. The summed E-state index contributed by atoms with van der Waals surface area (Å²) in [6.45, 7) is 6.08. The minimum Gasteiger partial charge on any atom is -0.508 e. The van der Waals surface area contributed by atoms with Crippen LogP contribution in [0.5, 0.6) is 5.75 Å². The number of hydrogen-bond acceptors (Lipinski definition) is 5. The molecule has 6 heteroatoms. The molecule has 0 aliphatic carbocycles. The van der Waals surface area contributed by atoms with Gasteiger partial charge in [-0.3, -0.25) is 4.90 Å². The number of benzene rings is 1. The summed E-state index contributed by atoms with van der Waals surface area (Å²) in [5, 5.41) is 13.0. The van der Waals surface area contributed by atoms with Crippen LogP contribution in [0.15, 0.2) is 29.8 Å². The fourth-order valence-corrected chi connectivity index (χ4v) is 3.56. The van der Waals surface area contributed by atoms with Crippen LogP contribution in [0.2, 0.25) is 0 Å². The zero-order valence-corrected chi connectivity index (χ0v) is 14.3. The molecular formula is C17H20N2O3S. The second kappa shape index (κ2) is 5.85. The lowest BCUT2D eigenvalue weighted by Crippen LogP contribution is -2.43. The van der Waals surface area contributed by atoms with E-state index in [1.165, 1.54) is 11.3 Å². The number of fused-ring (bicyclic) bond motifs is 1. The normalized spacial score (nSPS) is 17.7. The molecule has 1 aromatic carbocycles. The maximum atomic E-state index is 12.6. The highest BCUT2D eigenvalue weighted by Gasteiger charge is 2.37. The van der Waals surface area contributed by atoms with Crippen LogP contribution in [0.1, 0.15) is 42.9 Å². The molecule has 0 spiro atoms. The number of aromatic nitrogens is 1. The number of phenolic OH excluding ortho intramolecular Hbond substituents is 1. The van der Waals surface area contributed by atoms with E-state index in [0.717, 1.165) is 16.1 Å². The molecular weight excluding hydrogens is 312 g/mol. The van der Waals surface area contributed by atoms with E-state index >= 15 is 0 Å². The first kappa shape index (κ1) is 15.8. The van der Waals surface area contributed by atoms with Crippen molar-refractivity contribution in [2.24, 2.45) is 0 Å². The molecule has 0 saturated carbocycles. The first-order chi connectivity index (χ1) is 10.9. The molecule has 1 unspecified atom stereocenters. The molecule has 0 radical (unpaired) electrons. The highest BCUT2D eigenvalue weighted by atomic mass is 32.1. The lowest BCUT2D eigenvalue weighted by Gasteiger charge is -2.37. The highest BCUT2D eigenvalue weighted by molar-refractivity contribution is 7.09. The summed E-state index contributed by atoms with van der Waals surface area (Å²) in [5.41, 5.74) is 1.23. The Morgan fingerprint density at radius 3 is 2.87 bits per heavy atom. The van der Waals surface area contributed by atoms with Gasteiger partial charge in [-0.15, -0.1) is 11.3 Å². The molecule has 1 atom stereocenters. The van der Waals surface area contributed by atoms with E-state index in [4.69, 9.17) is 4.74 Å². The molecule has 23 heavy (non-hydrogen) atoms. The Bertz CT molecular complexity index is 707. The third-order valence-corrected chi connectivity index (χ3v) is 4.52. The lowest BCUT2D eigenvalue weighted by atomic mass is 9.92. The molecule has 1 N–H and O–H groups in total. The van der Waals surface area contributed by atoms with Crippen LogP contribution >= 0.6 is 11.3 Å². The minimum absolute atomic E-state index is 0.191. The SMILES string of the molecule is CC(C)(C)OC(=O)N1CCc2cccc(O)c2C1c1nccs1. The summed E-state index contributed by atoms with van der Waals surface area (Å²) < 4.78 is 5.54. The van der Waals surface area contributed by atoms with Gasteiger partial charge in [-0.05, 0) is 38.8 Å². The van der Waals surface area contributed by atoms with Crippen LogP contribution in [-0.4, -0.2) is 33.2 Å². The summed E-state index contributed by atoms with van der Waals surface area (Å²) >= 11 is 1.47. The monoisotopic (exact) mass is 332 g/mol. The lowest BCUT2D eigenvalue weighted by molar-refractivity contribution is 0.0176. The average Bonchev–Trinajstić information content (AvgIpc) is 2.98. The fourth-order valence-electron chi connectivity index (χ4n) is 2.80. The Hall–Kier alpha value is -2.08. The van der Waals surface area contributed by atoms with E-state index < -0.39 is 11.6 Å². The van der Waals surface area contributed by atoms with Gasteiger partial charge in [0.2, 0.25) is 0 Å². The largest absolute Gasteiger partial charge is 0.508 e. The van der Waals surface area contributed by atoms with Crippen LogP contribution in [0.3, 0.4) is 0 Å². The van der Waals surface area contributed by atoms with Crippen LogP contribution in [0, 0.1) is 0 Å². The molecule has 3 rings (SSSR count). The molecule has 0 bridgehead atoms. The number of nitrogens with zero attached hydrogens (tertiary/aromatic N) is 2. The summed E-state index contributed by atoms with van der Waals surface area (Å²) in [6, 6.07) is 5.06. The van der Waals surface area contributed by atoms with Gasteiger partial charge in [0.05, 0.1) is 0 Å². The molecule has 0 fully saturated rings. The van der Waals surface area contributed by atoms with Gasteiger partial charge >= 0.3 is 6.09 Å². The number of carbonyl (C=O) groups is 1. The quantitative estimate of drug-likeness (QED) is 0.864. The van der Waals surface area contributed by atoms with E-state index in [1.54, 1.807) is 17.2 Å². The Morgan fingerprint density at radius 1 is 1.43 bits per heavy atom. The number of hydrogen-bond donors (Lipinski definition) is 1. The van der Waals surface area contributed by atoms with E-state index in [2.05, 4.69) is 4.98 Å². The summed E-state index contributed by atoms with van der Waals surface area (Å²) in [4.78, 5) is 18.7. The van der Waals surface area contributed by atoms with Crippen LogP contribution in [0.4, 0.5) is 4.79 Å². The number of phenols is 1. The zero-order chi connectivity index (χ0) is 16.6. The third kappa shape index (κ3) is 3.17. The molecule has 2 aromatic rings. The molecule has 1 aliphatic rings. The Kier molecular flexibility index (Phi) is 4.02. The van der Waals surface area contributed by atoms with E-state index in [1.807, 2.05) is 38.3 Å². The van der Waals surface area contributed by atoms with Gasteiger partial charge in [0, 0.05) is 23.7 Å². The van der Waals surface area contributed by atoms with Crippen molar-refractivity contribution < 1.29 is 14.6 Å². The Balaban J connectivity index is 2.04. The van der Waals surface area contributed by atoms with Crippen LogP contribution in [0.25, 0.3) is 0 Å². The fraction of sp³-hybridized carbons (Fsp3) is 0.412. The Morgan fingerprint density at radius 2 is 2.22 bits per heavy atom. The van der Waals surface area contributed by atoms with E-state index in [0.29, 0.717) is 13.0 Å².